The molecule has 2 aromatic heterocycles. The molecule has 12 nitrogen and oxygen atoms in total. The zero-order valence-corrected chi connectivity index (χ0v) is 20.2. The summed E-state index contributed by atoms with van der Waals surface area (Å²) in [6.45, 7) is 4.90. The maximum Gasteiger partial charge on any atom is 0.273 e. The highest BCUT2D eigenvalue weighted by Crippen LogP contribution is 2.37. The lowest BCUT2D eigenvalue weighted by molar-refractivity contribution is -0.116. The molecule has 0 bridgehead atoms. The van der Waals surface area contributed by atoms with Gasteiger partial charge in [0, 0.05) is 46.2 Å². The van der Waals surface area contributed by atoms with Crippen LogP contribution in [0.5, 0.6) is 5.75 Å². The van der Waals surface area contributed by atoms with Gasteiger partial charge in [-0.15, -0.1) is 10.2 Å². The molecule has 0 aliphatic carbocycles. The van der Waals surface area contributed by atoms with Gasteiger partial charge in [0.1, 0.15) is 6.33 Å². The van der Waals surface area contributed by atoms with Gasteiger partial charge in [-0.2, -0.15) is 5.10 Å². The standard InChI is InChI=1S/C23H29N9O3/c1-14-11-32(12-14)9-8-19(33)27-18-10-17(20(29-28-18)23(34)24-2)26-16-7-5-6-15(21(16)35-4)22-25-13-31(3)30-22/h5-7,10,13-14H,8-9,11-12H2,1-4H3,(H,24,34)(H2,26,27,28,33). The smallest absolute Gasteiger partial charge is 0.273 e. The zero-order valence-electron chi connectivity index (χ0n) is 20.2. The third-order valence-electron chi connectivity index (χ3n) is 5.63. The van der Waals surface area contributed by atoms with Gasteiger partial charge in [-0.05, 0) is 18.1 Å². The van der Waals surface area contributed by atoms with E-state index in [0.717, 1.165) is 13.1 Å². The summed E-state index contributed by atoms with van der Waals surface area (Å²) in [4.78, 5) is 31.4. The van der Waals surface area contributed by atoms with Gasteiger partial charge in [0.05, 0.1) is 24.0 Å². The number of aromatic nitrogens is 5. The largest absolute Gasteiger partial charge is 0.494 e. The lowest BCUT2D eigenvalue weighted by atomic mass is 10.0. The van der Waals surface area contributed by atoms with Gasteiger partial charge in [-0.1, -0.05) is 13.0 Å². The highest BCUT2D eigenvalue weighted by Gasteiger charge is 2.23. The molecule has 0 spiro atoms. The zero-order chi connectivity index (χ0) is 24.9. The predicted octanol–water partition coefficient (Wildman–Crippen LogP) is 1.66. The maximum absolute atomic E-state index is 12.4. The normalized spacial score (nSPS) is 13.7. The summed E-state index contributed by atoms with van der Waals surface area (Å²) in [6.07, 6.45) is 1.95. The highest BCUT2D eigenvalue weighted by molar-refractivity contribution is 5.99. The summed E-state index contributed by atoms with van der Waals surface area (Å²) in [5.74, 6) is 1.32. The fourth-order valence-corrected chi connectivity index (χ4v) is 3.95. The summed E-state index contributed by atoms with van der Waals surface area (Å²) >= 11 is 0. The number of anilines is 3. The quantitative estimate of drug-likeness (QED) is 0.418. The third-order valence-corrected chi connectivity index (χ3v) is 5.63. The van der Waals surface area contributed by atoms with Crippen molar-refractivity contribution in [3.8, 4) is 17.1 Å². The van der Waals surface area contributed by atoms with Crippen LogP contribution in [0.15, 0.2) is 30.6 Å². The Morgan fingerprint density at radius 3 is 2.66 bits per heavy atom. The minimum Gasteiger partial charge on any atom is -0.494 e. The van der Waals surface area contributed by atoms with Gasteiger partial charge < -0.3 is 25.6 Å². The summed E-state index contributed by atoms with van der Waals surface area (Å²) in [5.41, 5.74) is 1.68. The average Bonchev–Trinajstić information content (AvgIpc) is 3.26. The van der Waals surface area contributed by atoms with E-state index in [4.69, 9.17) is 4.74 Å². The predicted molar refractivity (Wildman–Crippen MR) is 131 cm³/mol. The van der Waals surface area contributed by atoms with Crippen LogP contribution in [0.1, 0.15) is 23.8 Å². The number of carbonyl (C=O) groups excluding carboxylic acids is 2. The minimum absolute atomic E-state index is 0.0727. The summed E-state index contributed by atoms with van der Waals surface area (Å²) < 4.78 is 7.25. The number of rotatable bonds is 9. The second kappa shape index (κ2) is 10.5. The Balaban J connectivity index is 1.58. The molecule has 0 radical (unpaired) electrons. The molecule has 3 aromatic rings. The molecule has 4 rings (SSSR count). The van der Waals surface area contributed by atoms with Crippen molar-refractivity contribution in [1.82, 2.24) is 35.2 Å². The van der Waals surface area contributed by atoms with E-state index < -0.39 is 5.91 Å². The van der Waals surface area contributed by atoms with Crippen molar-refractivity contribution in [2.75, 3.05) is 44.4 Å². The van der Waals surface area contributed by atoms with Crippen molar-refractivity contribution in [3.63, 3.8) is 0 Å². The Morgan fingerprint density at radius 1 is 1.20 bits per heavy atom. The summed E-state index contributed by atoms with van der Waals surface area (Å²) in [5, 5.41) is 21.0. The van der Waals surface area contributed by atoms with Crippen molar-refractivity contribution < 1.29 is 14.3 Å². The first kappa shape index (κ1) is 24.1. The molecule has 184 valence electrons. The van der Waals surface area contributed by atoms with Crippen LogP contribution < -0.4 is 20.7 Å². The van der Waals surface area contributed by atoms with Crippen LogP contribution in [0.3, 0.4) is 0 Å². The van der Waals surface area contributed by atoms with Crippen LogP contribution in [-0.2, 0) is 11.8 Å². The van der Waals surface area contributed by atoms with Crippen LogP contribution in [-0.4, -0.2) is 75.5 Å². The van der Waals surface area contributed by atoms with Gasteiger partial charge in [0.15, 0.2) is 23.1 Å². The number of nitrogens with zero attached hydrogens (tertiary/aromatic N) is 6. The number of hydrogen-bond donors (Lipinski definition) is 3. The number of amides is 2. The number of nitrogens with one attached hydrogen (secondary N) is 3. The molecular weight excluding hydrogens is 450 g/mol. The molecule has 2 amide bonds. The number of para-hydroxylation sites is 1. The van der Waals surface area contributed by atoms with Crippen LogP contribution in [0.2, 0.25) is 0 Å². The molecule has 12 heteroatoms. The molecular formula is C23H29N9O3. The molecule has 0 atom stereocenters. The molecule has 1 fully saturated rings. The van der Waals surface area contributed by atoms with E-state index in [1.165, 1.54) is 7.05 Å². The SMILES string of the molecule is CNC(=O)c1nnc(NC(=O)CCN2CC(C)C2)cc1Nc1cccc(-c2ncn(C)n2)c1OC. The summed E-state index contributed by atoms with van der Waals surface area (Å²) in [7, 11) is 4.83. The van der Waals surface area contributed by atoms with E-state index in [0.29, 0.717) is 47.4 Å². The topological polar surface area (TPSA) is 139 Å². The Hall–Kier alpha value is -4.06. The number of carbonyl (C=O) groups is 2. The molecule has 1 aliphatic heterocycles. The Labute approximate surface area is 203 Å². The van der Waals surface area contributed by atoms with E-state index in [-0.39, 0.29) is 17.4 Å². The molecule has 1 saturated heterocycles. The van der Waals surface area contributed by atoms with E-state index in [1.807, 2.05) is 12.1 Å². The van der Waals surface area contributed by atoms with E-state index in [2.05, 4.69) is 48.1 Å². The fraction of sp³-hybridized carbons (Fsp3) is 0.391. The fourth-order valence-electron chi connectivity index (χ4n) is 3.95. The Bertz CT molecular complexity index is 1220. The van der Waals surface area contributed by atoms with Gasteiger partial charge in [0.2, 0.25) is 5.91 Å². The number of methoxy groups -OCH3 is 1. The van der Waals surface area contributed by atoms with Crippen molar-refractivity contribution in [1.29, 1.82) is 0 Å². The van der Waals surface area contributed by atoms with Gasteiger partial charge in [-0.25, -0.2) is 4.98 Å². The van der Waals surface area contributed by atoms with Crippen molar-refractivity contribution in [2.45, 2.75) is 13.3 Å². The monoisotopic (exact) mass is 479 g/mol. The molecule has 1 aromatic carbocycles. The van der Waals surface area contributed by atoms with Crippen molar-refractivity contribution in [3.05, 3.63) is 36.3 Å². The number of ether oxygens (including phenoxy) is 1. The first-order chi connectivity index (χ1) is 16.9. The van der Waals surface area contributed by atoms with Crippen LogP contribution in [0.25, 0.3) is 11.4 Å². The Kier molecular flexibility index (Phi) is 7.20. The maximum atomic E-state index is 12.4. The molecule has 0 saturated carbocycles. The van der Waals surface area contributed by atoms with Crippen LogP contribution in [0, 0.1) is 5.92 Å². The van der Waals surface area contributed by atoms with E-state index >= 15 is 0 Å². The first-order valence-corrected chi connectivity index (χ1v) is 11.3. The van der Waals surface area contributed by atoms with Crippen LogP contribution >= 0.6 is 0 Å². The molecule has 1 aliphatic rings. The second-order valence-electron chi connectivity index (χ2n) is 8.49. The lowest BCUT2D eigenvalue weighted by Gasteiger charge is -2.36. The first-order valence-electron chi connectivity index (χ1n) is 11.3. The van der Waals surface area contributed by atoms with E-state index in [9.17, 15) is 9.59 Å². The van der Waals surface area contributed by atoms with Crippen molar-refractivity contribution >= 4 is 29.0 Å². The van der Waals surface area contributed by atoms with Gasteiger partial charge in [0.25, 0.3) is 5.91 Å². The van der Waals surface area contributed by atoms with E-state index in [1.54, 1.807) is 37.3 Å². The summed E-state index contributed by atoms with van der Waals surface area (Å²) in [6, 6.07) is 7.04. The number of benzene rings is 1. The van der Waals surface area contributed by atoms with Crippen molar-refractivity contribution in [2.24, 2.45) is 13.0 Å². The van der Waals surface area contributed by atoms with Crippen LogP contribution in [0.4, 0.5) is 17.2 Å². The average molecular weight is 480 g/mol. The molecule has 0 unspecified atom stereocenters. The molecule has 3 heterocycles. The Morgan fingerprint density at radius 2 is 2.00 bits per heavy atom. The number of likely N-dealkylation sites (tertiary alicyclic amines) is 1. The minimum atomic E-state index is -0.425. The van der Waals surface area contributed by atoms with Gasteiger partial charge >= 0.3 is 0 Å². The highest BCUT2D eigenvalue weighted by atomic mass is 16.5. The third kappa shape index (κ3) is 5.54. The molecule has 35 heavy (non-hydrogen) atoms. The van der Waals surface area contributed by atoms with Gasteiger partial charge in [-0.3, -0.25) is 14.3 Å². The second-order valence-corrected chi connectivity index (χ2v) is 8.49. The lowest BCUT2D eigenvalue weighted by Crippen LogP contribution is -2.46. The number of hydrogen-bond acceptors (Lipinski definition) is 9. The molecule has 3 N–H and O–H groups in total. The number of aryl methyl sites for hydroxylation is 1.